The number of amides is 3. The summed E-state index contributed by atoms with van der Waals surface area (Å²) >= 11 is 0. The smallest absolute Gasteiger partial charge is 0.287 e. The molecule has 1 fully saturated rings. The van der Waals surface area contributed by atoms with E-state index < -0.39 is 11.9 Å². The number of rotatable bonds is 5. The maximum Gasteiger partial charge on any atom is 0.287 e. The third kappa shape index (κ3) is 4.34. The van der Waals surface area contributed by atoms with Crippen LogP contribution in [0.3, 0.4) is 0 Å². The van der Waals surface area contributed by atoms with Crippen molar-refractivity contribution in [1.29, 1.82) is 0 Å². The standard InChI is InChI=1S/C16H23N3O4/c1-10(2)14(18-15(21)12-5-4-8-23-12)16(22)17-11-6-7-13(20)19(3)9-11/h4-5,8,10-11,14H,6-7,9H2,1-3H3,(H,17,22)(H,18,21)/t11-,14+/m0/s1. The molecule has 126 valence electrons. The van der Waals surface area contributed by atoms with Crippen molar-refractivity contribution in [3.05, 3.63) is 24.2 Å². The summed E-state index contributed by atoms with van der Waals surface area (Å²) in [6, 6.07) is 2.42. The number of carbonyl (C=O) groups excluding carboxylic acids is 3. The van der Waals surface area contributed by atoms with Gasteiger partial charge in [0.1, 0.15) is 6.04 Å². The zero-order chi connectivity index (χ0) is 17.0. The molecule has 1 aliphatic heterocycles. The maximum atomic E-state index is 12.5. The van der Waals surface area contributed by atoms with Crippen LogP contribution < -0.4 is 10.6 Å². The Bertz CT molecular complexity index is 568. The number of piperidine rings is 1. The molecule has 2 atom stereocenters. The van der Waals surface area contributed by atoms with E-state index >= 15 is 0 Å². The molecule has 7 heteroatoms. The lowest BCUT2D eigenvalue weighted by Crippen LogP contribution is -2.55. The van der Waals surface area contributed by atoms with Crippen molar-refractivity contribution in [2.75, 3.05) is 13.6 Å². The van der Waals surface area contributed by atoms with Gasteiger partial charge in [0.15, 0.2) is 5.76 Å². The first-order chi connectivity index (χ1) is 10.9. The topological polar surface area (TPSA) is 91.6 Å². The highest BCUT2D eigenvalue weighted by Gasteiger charge is 2.29. The van der Waals surface area contributed by atoms with Gasteiger partial charge in [-0.2, -0.15) is 0 Å². The van der Waals surface area contributed by atoms with Crippen LogP contribution in [-0.2, 0) is 9.59 Å². The Labute approximate surface area is 135 Å². The number of likely N-dealkylation sites (tertiary alicyclic amines) is 1. The van der Waals surface area contributed by atoms with Gasteiger partial charge in [-0.15, -0.1) is 0 Å². The summed E-state index contributed by atoms with van der Waals surface area (Å²) < 4.78 is 5.04. The summed E-state index contributed by atoms with van der Waals surface area (Å²) in [4.78, 5) is 37.7. The number of likely N-dealkylation sites (N-methyl/N-ethyl adjacent to an activating group) is 1. The van der Waals surface area contributed by atoms with Gasteiger partial charge in [-0.1, -0.05) is 13.8 Å². The molecule has 2 N–H and O–H groups in total. The van der Waals surface area contributed by atoms with Gasteiger partial charge in [-0.05, 0) is 24.5 Å². The number of hydrogen-bond donors (Lipinski definition) is 2. The van der Waals surface area contributed by atoms with E-state index in [0.29, 0.717) is 19.4 Å². The zero-order valence-electron chi connectivity index (χ0n) is 13.7. The zero-order valence-corrected chi connectivity index (χ0v) is 13.7. The fourth-order valence-electron chi connectivity index (χ4n) is 2.58. The van der Waals surface area contributed by atoms with Crippen LogP contribution in [0, 0.1) is 5.92 Å². The second kappa shape index (κ2) is 7.30. The molecule has 0 radical (unpaired) electrons. The van der Waals surface area contributed by atoms with Crippen LogP contribution in [0.5, 0.6) is 0 Å². The second-order valence-electron chi connectivity index (χ2n) is 6.19. The fourth-order valence-corrected chi connectivity index (χ4v) is 2.58. The van der Waals surface area contributed by atoms with Crippen molar-refractivity contribution >= 4 is 17.7 Å². The third-order valence-corrected chi connectivity index (χ3v) is 3.95. The van der Waals surface area contributed by atoms with Crippen molar-refractivity contribution in [1.82, 2.24) is 15.5 Å². The lowest BCUT2D eigenvalue weighted by atomic mass is 10.0. The van der Waals surface area contributed by atoms with E-state index in [1.807, 2.05) is 13.8 Å². The summed E-state index contributed by atoms with van der Waals surface area (Å²) in [5, 5.41) is 5.63. The third-order valence-electron chi connectivity index (χ3n) is 3.95. The van der Waals surface area contributed by atoms with Crippen LogP contribution >= 0.6 is 0 Å². The largest absolute Gasteiger partial charge is 0.459 e. The fraction of sp³-hybridized carbons (Fsp3) is 0.562. The highest BCUT2D eigenvalue weighted by atomic mass is 16.3. The number of hydrogen-bond acceptors (Lipinski definition) is 4. The highest BCUT2D eigenvalue weighted by Crippen LogP contribution is 2.11. The Hall–Kier alpha value is -2.31. The first-order valence-corrected chi connectivity index (χ1v) is 7.77. The Morgan fingerprint density at radius 1 is 1.39 bits per heavy atom. The molecule has 1 aromatic heterocycles. The molecular formula is C16H23N3O4. The average Bonchev–Trinajstić information content (AvgIpc) is 3.02. The number of carbonyl (C=O) groups is 3. The van der Waals surface area contributed by atoms with Crippen LogP contribution in [0.15, 0.2) is 22.8 Å². The van der Waals surface area contributed by atoms with Gasteiger partial charge in [-0.3, -0.25) is 14.4 Å². The van der Waals surface area contributed by atoms with E-state index in [4.69, 9.17) is 4.42 Å². The quantitative estimate of drug-likeness (QED) is 0.838. The molecule has 23 heavy (non-hydrogen) atoms. The number of nitrogens with zero attached hydrogens (tertiary/aromatic N) is 1. The van der Waals surface area contributed by atoms with Gasteiger partial charge >= 0.3 is 0 Å². The Kier molecular flexibility index (Phi) is 5.41. The van der Waals surface area contributed by atoms with E-state index in [0.717, 1.165) is 0 Å². The van der Waals surface area contributed by atoms with Crippen molar-refractivity contribution < 1.29 is 18.8 Å². The molecule has 1 aromatic rings. The normalized spacial score (nSPS) is 19.6. The Balaban J connectivity index is 1.96. The summed E-state index contributed by atoms with van der Waals surface area (Å²) in [7, 11) is 1.72. The van der Waals surface area contributed by atoms with E-state index in [1.54, 1.807) is 24.1 Å². The average molecular weight is 321 g/mol. The molecular weight excluding hydrogens is 298 g/mol. The lowest BCUT2D eigenvalue weighted by molar-refractivity contribution is -0.134. The van der Waals surface area contributed by atoms with Gasteiger partial charge in [0.05, 0.1) is 6.26 Å². The lowest BCUT2D eigenvalue weighted by Gasteiger charge is -2.32. The van der Waals surface area contributed by atoms with E-state index in [2.05, 4.69) is 10.6 Å². The first-order valence-electron chi connectivity index (χ1n) is 7.77. The van der Waals surface area contributed by atoms with Crippen molar-refractivity contribution in [2.45, 2.75) is 38.8 Å². The minimum atomic E-state index is -0.657. The molecule has 3 amide bonds. The number of furan rings is 1. The minimum Gasteiger partial charge on any atom is -0.459 e. The highest BCUT2D eigenvalue weighted by molar-refractivity contribution is 5.95. The van der Waals surface area contributed by atoms with Gasteiger partial charge in [0.2, 0.25) is 11.8 Å². The molecule has 0 bridgehead atoms. The van der Waals surface area contributed by atoms with E-state index in [-0.39, 0.29) is 29.5 Å². The molecule has 0 aromatic carbocycles. The van der Waals surface area contributed by atoms with Gasteiger partial charge in [-0.25, -0.2) is 0 Å². The molecule has 2 heterocycles. The maximum absolute atomic E-state index is 12.5. The SMILES string of the molecule is CC(C)[C@@H](NC(=O)c1ccco1)C(=O)N[C@H]1CCC(=O)N(C)C1. The summed E-state index contributed by atoms with van der Waals surface area (Å²) in [6.07, 6.45) is 2.45. The number of nitrogens with one attached hydrogen (secondary N) is 2. The van der Waals surface area contributed by atoms with Crippen LogP contribution in [0.25, 0.3) is 0 Å². The van der Waals surface area contributed by atoms with Crippen molar-refractivity contribution in [3.8, 4) is 0 Å². The van der Waals surface area contributed by atoms with Crippen molar-refractivity contribution in [2.24, 2.45) is 5.92 Å². The molecule has 1 aliphatic rings. The van der Waals surface area contributed by atoms with E-state index in [9.17, 15) is 14.4 Å². The molecule has 0 saturated carbocycles. The van der Waals surface area contributed by atoms with Gasteiger partial charge in [0.25, 0.3) is 5.91 Å². The molecule has 0 unspecified atom stereocenters. The monoisotopic (exact) mass is 321 g/mol. The van der Waals surface area contributed by atoms with Crippen LogP contribution in [0.4, 0.5) is 0 Å². The molecule has 7 nitrogen and oxygen atoms in total. The first kappa shape index (κ1) is 17.1. The van der Waals surface area contributed by atoms with Crippen molar-refractivity contribution in [3.63, 3.8) is 0 Å². The Morgan fingerprint density at radius 3 is 2.70 bits per heavy atom. The predicted molar refractivity (Wildman–Crippen MR) is 83.6 cm³/mol. The summed E-state index contributed by atoms with van der Waals surface area (Å²) in [6.45, 7) is 4.22. The summed E-state index contributed by atoms with van der Waals surface area (Å²) in [5.41, 5.74) is 0. The van der Waals surface area contributed by atoms with E-state index in [1.165, 1.54) is 6.26 Å². The molecule has 0 spiro atoms. The molecule has 2 rings (SSSR count). The Morgan fingerprint density at radius 2 is 2.13 bits per heavy atom. The van der Waals surface area contributed by atoms with Crippen LogP contribution in [0.2, 0.25) is 0 Å². The predicted octanol–water partition coefficient (Wildman–Crippen LogP) is 0.771. The van der Waals surface area contributed by atoms with Gasteiger partial charge in [0, 0.05) is 26.1 Å². The minimum absolute atomic E-state index is 0.0723. The van der Waals surface area contributed by atoms with Crippen LogP contribution in [0.1, 0.15) is 37.2 Å². The molecule has 1 saturated heterocycles. The van der Waals surface area contributed by atoms with Crippen LogP contribution in [-0.4, -0.2) is 48.3 Å². The summed E-state index contributed by atoms with van der Waals surface area (Å²) in [5.74, 6) is -0.474. The molecule has 0 aliphatic carbocycles. The second-order valence-corrected chi connectivity index (χ2v) is 6.19. The van der Waals surface area contributed by atoms with Gasteiger partial charge < -0.3 is 20.0 Å².